The van der Waals surface area contributed by atoms with Gasteiger partial charge in [-0.05, 0) is 34.1 Å². The number of sulfonamides is 1. The fourth-order valence-corrected chi connectivity index (χ4v) is 3.18. The number of aromatic nitrogens is 1. The standard InChI is InChI=1S/C11H9BrF2N4O2S/c12-6-3-10(11(17-15)16-5-6)21(19,20)18-7-1-2-8(13)9(14)4-7/h1-5,18H,15H2,(H,16,17). The first-order chi connectivity index (χ1) is 9.83. The molecule has 0 aliphatic rings. The summed E-state index contributed by atoms with van der Waals surface area (Å²) in [6.07, 6.45) is 1.35. The molecule has 2 rings (SSSR count). The van der Waals surface area contributed by atoms with Crippen LogP contribution >= 0.6 is 15.9 Å². The molecule has 1 aromatic carbocycles. The maximum absolute atomic E-state index is 13.1. The fourth-order valence-electron chi connectivity index (χ4n) is 1.50. The van der Waals surface area contributed by atoms with Gasteiger partial charge in [0.15, 0.2) is 17.5 Å². The Morgan fingerprint density at radius 2 is 1.90 bits per heavy atom. The van der Waals surface area contributed by atoms with Gasteiger partial charge in [-0.1, -0.05) is 0 Å². The number of hydrogen-bond donors (Lipinski definition) is 3. The number of halogens is 3. The molecule has 112 valence electrons. The van der Waals surface area contributed by atoms with Crippen molar-refractivity contribution in [3.8, 4) is 0 Å². The van der Waals surface area contributed by atoms with E-state index in [1.165, 1.54) is 12.3 Å². The number of benzene rings is 1. The lowest BCUT2D eigenvalue weighted by Crippen LogP contribution is -2.18. The lowest BCUT2D eigenvalue weighted by atomic mass is 10.3. The van der Waals surface area contributed by atoms with Crippen molar-refractivity contribution >= 4 is 37.5 Å². The van der Waals surface area contributed by atoms with E-state index in [9.17, 15) is 17.2 Å². The summed E-state index contributed by atoms with van der Waals surface area (Å²) in [5.41, 5.74) is 2.02. The van der Waals surface area contributed by atoms with Crippen molar-refractivity contribution in [3.63, 3.8) is 0 Å². The summed E-state index contributed by atoms with van der Waals surface area (Å²) in [4.78, 5) is 3.55. The third-order valence-electron chi connectivity index (χ3n) is 2.42. The van der Waals surface area contributed by atoms with E-state index >= 15 is 0 Å². The van der Waals surface area contributed by atoms with Crippen molar-refractivity contribution in [3.05, 3.63) is 46.6 Å². The highest BCUT2D eigenvalue weighted by Crippen LogP contribution is 2.25. The molecule has 4 N–H and O–H groups in total. The molecule has 0 bridgehead atoms. The van der Waals surface area contributed by atoms with Crippen LogP contribution in [0.2, 0.25) is 0 Å². The molecule has 0 amide bonds. The molecule has 0 saturated carbocycles. The number of hydrazine groups is 1. The minimum atomic E-state index is -4.08. The molecule has 0 radical (unpaired) electrons. The Morgan fingerprint density at radius 3 is 2.52 bits per heavy atom. The second-order valence-electron chi connectivity index (χ2n) is 3.88. The molecule has 0 saturated heterocycles. The number of anilines is 2. The van der Waals surface area contributed by atoms with Gasteiger partial charge < -0.3 is 5.43 Å². The second-order valence-corrected chi connectivity index (χ2v) is 6.45. The minimum Gasteiger partial charge on any atom is -0.307 e. The molecule has 0 aliphatic heterocycles. The van der Waals surface area contributed by atoms with Crippen LogP contribution in [0.5, 0.6) is 0 Å². The van der Waals surface area contributed by atoms with Crippen LogP contribution in [-0.4, -0.2) is 13.4 Å². The van der Waals surface area contributed by atoms with Crippen LogP contribution in [0.25, 0.3) is 0 Å². The monoisotopic (exact) mass is 378 g/mol. The highest BCUT2D eigenvalue weighted by molar-refractivity contribution is 9.10. The van der Waals surface area contributed by atoms with E-state index in [1.807, 2.05) is 0 Å². The van der Waals surface area contributed by atoms with Gasteiger partial charge in [-0.15, -0.1) is 0 Å². The van der Waals surface area contributed by atoms with Gasteiger partial charge in [0.2, 0.25) is 0 Å². The summed E-state index contributed by atoms with van der Waals surface area (Å²) in [7, 11) is -4.08. The number of hydrogen-bond acceptors (Lipinski definition) is 5. The molecular formula is C11H9BrF2N4O2S. The topological polar surface area (TPSA) is 97.1 Å². The zero-order valence-electron chi connectivity index (χ0n) is 10.3. The Hall–Kier alpha value is -1.78. The Morgan fingerprint density at radius 1 is 1.19 bits per heavy atom. The third kappa shape index (κ3) is 3.46. The first-order valence-electron chi connectivity index (χ1n) is 5.43. The van der Waals surface area contributed by atoms with Crippen LogP contribution < -0.4 is 16.0 Å². The first-order valence-corrected chi connectivity index (χ1v) is 7.71. The van der Waals surface area contributed by atoms with Crippen molar-refractivity contribution in [2.24, 2.45) is 5.84 Å². The predicted octanol–water partition coefficient (Wildman–Crippen LogP) is 2.21. The Kier molecular flexibility index (Phi) is 4.40. The quantitative estimate of drug-likeness (QED) is 0.559. The average Bonchev–Trinajstić information content (AvgIpc) is 2.42. The van der Waals surface area contributed by atoms with Gasteiger partial charge in [0.05, 0.1) is 5.69 Å². The van der Waals surface area contributed by atoms with Gasteiger partial charge in [0, 0.05) is 16.7 Å². The Balaban J connectivity index is 2.42. The number of nitrogens with two attached hydrogens (primary N) is 1. The van der Waals surface area contributed by atoms with Crippen LogP contribution in [0.3, 0.4) is 0 Å². The summed E-state index contributed by atoms with van der Waals surface area (Å²) in [5.74, 6) is 2.87. The minimum absolute atomic E-state index is 0.0896. The predicted molar refractivity (Wildman–Crippen MR) is 76.9 cm³/mol. The third-order valence-corrected chi connectivity index (χ3v) is 4.25. The fraction of sp³-hybridized carbons (Fsp3) is 0. The van der Waals surface area contributed by atoms with Crippen molar-refractivity contribution in [2.75, 3.05) is 10.1 Å². The van der Waals surface area contributed by atoms with Crippen LogP contribution in [0.4, 0.5) is 20.3 Å². The van der Waals surface area contributed by atoms with Crippen LogP contribution in [-0.2, 0) is 10.0 Å². The molecular weight excluding hydrogens is 370 g/mol. The second kappa shape index (κ2) is 5.92. The molecule has 1 aromatic heterocycles. The van der Waals surface area contributed by atoms with Gasteiger partial charge in [0.1, 0.15) is 4.90 Å². The smallest absolute Gasteiger partial charge is 0.265 e. The van der Waals surface area contributed by atoms with Crippen molar-refractivity contribution in [2.45, 2.75) is 4.90 Å². The summed E-state index contributed by atoms with van der Waals surface area (Å²) in [6.45, 7) is 0. The molecule has 10 heteroatoms. The molecule has 21 heavy (non-hydrogen) atoms. The van der Waals surface area contributed by atoms with Crippen molar-refractivity contribution in [1.82, 2.24) is 4.98 Å². The highest BCUT2D eigenvalue weighted by atomic mass is 79.9. The SMILES string of the molecule is NNc1ncc(Br)cc1S(=O)(=O)Nc1ccc(F)c(F)c1. The van der Waals surface area contributed by atoms with E-state index < -0.39 is 21.7 Å². The average molecular weight is 379 g/mol. The molecule has 0 spiro atoms. The normalized spacial score (nSPS) is 11.2. The van der Waals surface area contributed by atoms with Crippen molar-refractivity contribution in [1.29, 1.82) is 0 Å². The maximum atomic E-state index is 13.1. The largest absolute Gasteiger partial charge is 0.307 e. The van der Waals surface area contributed by atoms with Gasteiger partial charge in [0.25, 0.3) is 10.0 Å². The van der Waals surface area contributed by atoms with E-state index in [4.69, 9.17) is 5.84 Å². The summed E-state index contributed by atoms with van der Waals surface area (Å²) in [5, 5.41) is 0. The Bertz CT molecular complexity index is 786. The van der Waals surface area contributed by atoms with Gasteiger partial charge >= 0.3 is 0 Å². The molecule has 6 nitrogen and oxygen atoms in total. The maximum Gasteiger partial charge on any atom is 0.265 e. The van der Waals surface area contributed by atoms with E-state index in [-0.39, 0.29) is 16.4 Å². The summed E-state index contributed by atoms with van der Waals surface area (Å²) >= 11 is 3.09. The first kappa shape index (κ1) is 15.6. The van der Waals surface area contributed by atoms with Crippen LogP contribution in [0, 0.1) is 11.6 Å². The van der Waals surface area contributed by atoms with E-state index in [2.05, 4.69) is 31.1 Å². The summed E-state index contributed by atoms with van der Waals surface area (Å²) in [6, 6.07) is 3.91. The molecule has 2 aromatic rings. The lowest BCUT2D eigenvalue weighted by Gasteiger charge is -2.11. The summed E-state index contributed by atoms with van der Waals surface area (Å²) < 4.78 is 53.0. The number of nitrogens with zero attached hydrogens (tertiary/aromatic N) is 1. The van der Waals surface area contributed by atoms with E-state index in [0.29, 0.717) is 4.47 Å². The van der Waals surface area contributed by atoms with Gasteiger partial charge in [-0.25, -0.2) is 28.0 Å². The zero-order valence-corrected chi connectivity index (χ0v) is 12.7. The highest BCUT2D eigenvalue weighted by Gasteiger charge is 2.20. The van der Waals surface area contributed by atoms with E-state index in [0.717, 1.165) is 18.2 Å². The number of rotatable bonds is 4. The number of pyridine rings is 1. The molecule has 0 aliphatic carbocycles. The molecule has 0 unspecified atom stereocenters. The van der Waals surface area contributed by atoms with Crippen LogP contribution in [0.15, 0.2) is 39.8 Å². The van der Waals surface area contributed by atoms with Gasteiger partial charge in [-0.3, -0.25) is 4.72 Å². The number of nitrogens with one attached hydrogen (secondary N) is 2. The zero-order chi connectivity index (χ0) is 15.6. The molecule has 0 atom stereocenters. The van der Waals surface area contributed by atoms with Crippen molar-refractivity contribution < 1.29 is 17.2 Å². The molecule has 0 fully saturated rings. The number of nitrogen functional groups attached to an aromatic ring is 1. The van der Waals surface area contributed by atoms with Crippen LogP contribution in [0.1, 0.15) is 0 Å². The Labute approximate surface area is 127 Å². The lowest BCUT2D eigenvalue weighted by molar-refractivity contribution is 0.509. The molecule has 1 heterocycles. The van der Waals surface area contributed by atoms with E-state index in [1.54, 1.807) is 0 Å². The van der Waals surface area contributed by atoms with Gasteiger partial charge in [-0.2, -0.15) is 0 Å².